The molecule has 0 saturated carbocycles. The Morgan fingerprint density at radius 3 is 2.74 bits per heavy atom. The molecule has 2 aliphatic rings. The summed E-state index contributed by atoms with van der Waals surface area (Å²) in [5, 5.41) is 0. The molecule has 3 atom stereocenters. The van der Waals surface area contributed by atoms with Gasteiger partial charge in [-0.15, -0.1) is 0 Å². The van der Waals surface area contributed by atoms with E-state index in [0.29, 0.717) is 12.0 Å². The molecule has 0 radical (unpaired) electrons. The van der Waals surface area contributed by atoms with E-state index in [-0.39, 0.29) is 6.04 Å². The van der Waals surface area contributed by atoms with Gasteiger partial charge in [0.1, 0.15) is 0 Å². The van der Waals surface area contributed by atoms with Crippen LogP contribution in [0.5, 0.6) is 0 Å². The first-order chi connectivity index (χ1) is 9.33. The Morgan fingerprint density at radius 2 is 2.00 bits per heavy atom. The fourth-order valence-corrected chi connectivity index (χ4v) is 3.41. The Balaban J connectivity index is 1.58. The highest BCUT2D eigenvalue weighted by Gasteiger charge is 2.36. The van der Waals surface area contributed by atoms with Crippen LogP contribution in [-0.4, -0.2) is 36.7 Å². The third-order valence-corrected chi connectivity index (χ3v) is 4.43. The first-order valence-corrected chi connectivity index (χ1v) is 7.46. The van der Waals surface area contributed by atoms with Crippen LogP contribution < -0.4 is 5.73 Å². The van der Waals surface area contributed by atoms with E-state index in [9.17, 15) is 0 Å². The fraction of sp³-hybridized carbons (Fsp3) is 0.625. The molecular formula is C16H24N2O. The zero-order valence-electron chi connectivity index (χ0n) is 11.5. The Morgan fingerprint density at radius 1 is 1.16 bits per heavy atom. The topological polar surface area (TPSA) is 38.5 Å². The number of rotatable bonds is 3. The Bertz CT molecular complexity index is 389. The van der Waals surface area contributed by atoms with Gasteiger partial charge in [0, 0.05) is 38.2 Å². The maximum Gasteiger partial charge on any atom is 0.0630 e. The van der Waals surface area contributed by atoms with Crippen LogP contribution in [0.15, 0.2) is 30.3 Å². The van der Waals surface area contributed by atoms with E-state index in [1.165, 1.54) is 24.8 Å². The van der Waals surface area contributed by atoms with Crippen molar-refractivity contribution in [2.24, 2.45) is 11.7 Å². The van der Waals surface area contributed by atoms with Crippen molar-refractivity contribution >= 4 is 0 Å². The van der Waals surface area contributed by atoms with E-state index in [2.05, 4.69) is 35.2 Å². The van der Waals surface area contributed by atoms with E-state index in [0.717, 1.165) is 26.2 Å². The van der Waals surface area contributed by atoms with Crippen molar-refractivity contribution in [2.45, 2.75) is 38.0 Å². The molecule has 0 bridgehead atoms. The molecule has 3 rings (SSSR count). The molecule has 0 spiro atoms. The second kappa shape index (κ2) is 6.04. The van der Waals surface area contributed by atoms with Gasteiger partial charge in [-0.3, -0.25) is 4.90 Å². The predicted octanol–water partition coefficient (Wildman–Crippen LogP) is 2.01. The average molecular weight is 260 g/mol. The lowest BCUT2D eigenvalue weighted by molar-refractivity contribution is -0.0214. The van der Waals surface area contributed by atoms with Gasteiger partial charge in [-0.2, -0.15) is 0 Å². The molecule has 0 amide bonds. The van der Waals surface area contributed by atoms with Crippen LogP contribution in [0.4, 0.5) is 0 Å². The first kappa shape index (κ1) is 13.1. The lowest BCUT2D eigenvalue weighted by Gasteiger charge is -2.29. The summed E-state index contributed by atoms with van der Waals surface area (Å²) >= 11 is 0. The van der Waals surface area contributed by atoms with E-state index in [1.807, 2.05) is 0 Å². The van der Waals surface area contributed by atoms with E-state index < -0.39 is 0 Å². The summed E-state index contributed by atoms with van der Waals surface area (Å²) in [4.78, 5) is 2.47. The highest BCUT2D eigenvalue weighted by molar-refractivity contribution is 5.15. The zero-order valence-corrected chi connectivity index (χ0v) is 11.5. The maximum atomic E-state index is 6.33. The van der Waals surface area contributed by atoms with E-state index in [1.54, 1.807) is 0 Å². The Kier molecular flexibility index (Phi) is 4.16. The SMILES string of the molecule is N[C@@H]1CN(Cc2ccccc2)C[C@H]1[C@@H]1CCCCO1. The maximum absolute atomic E-state index is 6.33. The van der Waals surface area contributed by atoms with Gasteiger partial charge >= 0.3 is 0 Å². The average Bonchev–Trinajstić information content (AvgIpc) is 2.82. The Labute approximate surface area is 115 Å². The van der Waals surface area contributed by atoms with Gasteiger partial charge in [0.25, 0.3) is 0 Å². The van der Waals surface area contributed by atoms with E-state index >= 15 is 0 Å². The smallest absolute Gasteiger partial charge is 0.0630 e. The lowest BCUT2D eigenvalue weighted by Crippen LogP contribution is -2.39. The summed E-state index contributed by atoms with van der Waals surface area (Å²) in [5.41, 5.74) is 7.71. The standard InChI is InChI=1S/C16H24N2O/c17-15-12-18(10-13-6-2-1-3-7-13)11-14(15)16-8-4-5-9-19-16/h1-3,6-7,14-16H,4-5,8-12,17H2/t14-,15-,16+/m1/s1. The van der Waals surface area contributed by atoms with Gasteiger partial charge in [0.05, 0.1) is 6.10 Å². The molecule has 2 N–H and O–H groups in total. The predicted molar refractivity (Wildman–Crippen MR) is 76.8 cm³/mol. The lowest BCUT2D eigenvalue weighted by atomic mass is 9.92. The van der Waals surface area contributed by atoms with Crippen molar-refractivity contribution in [3.05, 3.63) is 35.9 Å². The number of likely N-dealkylation sites (tertiary alicyclic amines) is 1. The summed E-state index contributed by atoms with van der Waals surface area (Å²) in [5.74, 6) is 0.518. The van der Waals surface area contributed by atoms with Crippen LogP contribution in [0.3, 0.4) is 0 Å². The quantitative estimate of drug-likeness (QED) is 0.903. The third kappa shape index (κ3) is 3.16. The normalized spacial score (nSPS) is 32.6. The van der Waals surface area contributed by atoms with Crippen LogP contribution in [0.25, 0.3) is 0 Å². The van der Waals surface area contributed by atoms with Crippen molar-refractivity contribution < 1.29 is 4.74 Å². The molecule has 19 heavy (non-hydrogen) atoms. The van der Waals surface area contributed by atoms with Crippen molar-refractivity contribution in [3.63, 3.8) is 0 Å². The van der Waals surface area contributed by atoms with Crippen LogP contribution >= 0.6 is 0 Å². The minimum absolute atomic E-state index is 0.270. The van der Waals surface area contributed by atoms with Gasteiger partial charge < -0.3 is 10.5 Å². The van der Waals surface area contributed by atoms with Crippen molar-refractivity contribution in [1.29, 1.82) is 0 Å². The Hall–Kier alpha value is -0.900. The van der Waals surface area contributed by atoms with Crippen molar-refractivity contribution in [1.82, 2.24) is 4.90 Å². The minimum atomic E-state index is 0.270. The molecule has 2 heterocycles. The number of hydrogen-bond acceptors (Lipinski definition) is 3. The number of benzene rings is 1. The highest BCUT2D eigenvalue weighted by Crippen LogP contribution is 2.28. The van der Waals surface area contributed by atoms with Crippen molar-refractivity contribution in [3.8, 4) is 0 Å². The fourth-order valence-electron chi connectivity index (χ4n) is 3.41. The summed E-state index contributed by atoms with van der Waals surface area (Å²) in [6.07, 6.45) is 4.10. The van der Waals surface area contributed by atoms with Gasteiger partial charge in [-0.1, -0.05) is 30.3 Å². The van der Waals surface area contributed by atoms with Crippen LogP contribution in [0.1, 0.15) is 24.8 Å². The minimum Gasteiger partial charge on any atom is -0.378 e. The largest absolute Gasteiger partial charge is 0.378 e. The summed E-state index contributed by atoms with van der Waals surface area (Å²) in [6.45, 7) is 4.02. The van der Waals surface area contributed by atoms with Gasteiger partial charge in [0.2, 0.25) is 0 Å². The highest BCUT2D eigenvalue weighted by atomic mass is 16.5. The van der Waals surface area contributed by atoms with Gasteiger partial charge in [-0.25, -0.2) is 0 Å². The van der Waals surface area contributed by atoms with Crippen molar-refractivity contribution in [2.75, 3.05) is 19.7 Å². The summed E-state index contributed by atoms with van der Waals surface area (Å²) in [6, 6.07) is 10.9. The van der Waals surface area contributed by atoms with Crippen LogP contribution in [0.2, 0.25) is 0 Å². The van der Waals surface area contributed by atoms with Gasteiger partial charge in [0.15, 0.2) is 0 Å². The molecule has 3 heteroatoms. The molecule has 0 unspecified atom stereocenters. The number of hydrogen-bond donors (Lipinski definition) is 1. The molecular weight excluding hydrogens is 236 g/mol. The van der Waals surface area contributed by atoms with Gasteiger partial charge in [-0.05, 0) is 24.8 Å². The molecule has 2 aliphatic heterocycles. The second-order valence-electron chi connectivity index (χ2n) is 5.91. The second-order valence-corrected chi connectivity index (χ2v) is 5.91. The molecule has 1 aromatic carbocycles. The number of nitrogens with two attached hydrogens (primary N) is 1. The molecule has 1 aromatic rings. The number of ether oxygens (including phenoxy) is 1. The third-order valence-electron chi connectivity index (χ3n) is 4.43. The molecule has 2 fully saturated rings. The monoisotopic (exact) mass is 260 g/mol. The number of nitrogens with zero attached hydrogens (tertiary/aromatic N) is 1. The van der Waals surface area contributed by atoms with Crippen LogP contribution in [-0.2, 0) is 11.3 Å². The zero-order chi connectivity index (χ0) is 13.1. The summed E-state index contributed by atoms with van der Waals surface area (Å²) < 4.78 is 5.92. The van der Waals surface area contributed by atoms with E-state index in [4.69, 9.17) is 10.5 Å². The molecule has 0 aromatic heterocycles. The molecule has 0 aliphatic carbocycles. The summed E-state index contributed by atoms with van der Waals surface area (Å²) in [7, 11) is 0. The first-order valence-electron chi connectivity index (χ1n) is 7.46. The molecule has 104 valence electrons. The molecule has 3 nitrogen and oxygen atoms in total. The van der Waals surface area contributed by atoms with Crippen LogP contribution in [0, 0.1) is 5.92 Å². The molecule has 2 saturated heterocycles.